The minimum atomic E-state index is -0.414. The average molecular weight is 317 g/mol. The molecule has 1 fully saturated rings. The van der Waals surface area contributed by atoms with Gasteiger partial charge in [0, 0.05) is 11.7 Å². The minimum absolute atomic E-state index is 0.232. The number of hydrogen-bond donors (Lipinski definition) is 2. The van der Waals surface area contributed by atoms with Gasteiger partial charge in [-0.25, -0.2) is 4.39 Å². The SMILES string of the molecule is Cc1cc(Br)c(F)cc1NC(=O)C1COCC1N. The number of carbonyl (C=O) groups excluding carboxylic acids is 1. The molecule has 2 rings (SSSR count). The Hall–Kier alpha value is -0.980. The molecule has 1 amide bonds. The zero-order valence-corrected chi connectivity index (χ0v) is 11.5. The van der Waals surface area contributed by atoms with Crippen LogP contribution in [0.3, 0.4) is 0 Å². The fraction of sp³-hybridized carbons (Fsp3) is 0.417. The molecule has 0 saturated carbocycles. The molecular weight excluding hydrogens is 303 g/mol. The van der Waals surface area contributed by atoms with E-state index in [0.29, 0.717) is 23.4 Å². The van der Waals surface area contributed by atoms with Gasteiger partial charge in [-0.2, -0.15) is 0 Å². The number of hydrogen-bond acceptors (Lipinski definition) is 3. The van der Waals surface area contributed by atoms with Gasteiger partial charge in [-0.05, 0) is 40.5 Å². The lowest BCUT2D eigenvalue weighted by Crippen LogP contribution is -2.37. The molecule has 6 heteroatoms. The van der Waals surface area contributed by atoms with E-state index in [0.717, 1.165) is 5.56 Å². The van der Waals surface area contributed by atoms with E-state index in [1.54, 1.807) is 13.0 Å². The third kappa shape index (κ3) is 2.71. The summed E-state index contributed by atoms with van der Waals surface area (Å²) in [4.78, 5) is 12.0. The van der Waals surface area contributed by atoms with Crippen LogP contribution in [0.1, 0.15) is 5.56 Å². The van der Waals surface area contributed by atoms with E-state index in [-0.39, 0.29) is 17.9 Å². The largest absolute Gasteiger partial charge is 0.379 e. The van der Waals surface area contributed by atoms with Gasteiger partial charge in [-0.15, -0.1) is 0 Å². The molecule has 1 aromatic rings. The highest BCUT2D eigenvalue weighted by Crippen LogP contribution is 2.25. The van der Waals surface area contributed by atoms with Crippen molar-refractivity contribution >= 4 is 27.5 Å². The highest BCUT2D eigenvalue weighted by Gasteiger charge is 2.31. The molecule has 0 spiro atoms. The summed E-state index contributed by atoms with van der Waals surface area (Å²) >= 11 is 3.09. The number of rotatable bonds is 2. The fourth-order valence-electron chi connectivity index (χ4n) is 1.85. The van der Waals surface area contributed by atoms with Gasteiger partial charge in [0.2, 0.25) is 5.91 Å². The third-order valence-corrected chi connectivity index (χ3v) is 3.59. The van der Waals surface area contributed by atoms with E-state index >= 15 is 0 Å². The molecule has 1 aliphatic heterocycles. The van der Waals surface area contributed by atoms with Gasteiger partial charge in [-0.3, -0.25) is 4.79 Å². The first-order valence-electron chi connectivity index (χ1n) is 5.59. The van der Waals surface area contributed by atoms with Gasteiger partial charge in [-0.1, -0.05) is 0 Å². The van der Waals surface area contributed by atoms with Crippen LogP contribution < -0.4 is 11.1 Å². The molecule has 0 radical (unpaired) electrons. The normalized spacial score (nSPS) is 23.1. The second-order valence-corrected chi connectivity index (χ2v) is 5.23. The Labute approximate surface area is 113 Å². The Kier molecular flexibility index (Phi) is 3.99. The molecule has 1 saturated heterocycles. The molecule has 98 valence electrons. The third-order valence-electron chi connectivity index (χ3n) is 2.99. The van der Waals surface area contributed by atoms with Gasteiger partial charge < -0.3 is 15.8 Å². The smallest absolute Gasteiger partial charge is 0.231 e. The summed E-state index contributed by atoms with van der Waals surface area (Å²) in [6.07, 6.45) is 0. The standard InChI is InChI=1S/C12H14BrFN2O2/c1-6-2-8(13)9(14)3-11(6)16-12(17)7-4-18-5-10(7)15/h2-3,7,10H,4-5,15H2,1H3,(H,16,17). The Morgan fingerprint density at radius 3 is 2.89 bits per heavy atom. The number of benzene rings is 1. The first-order chi connectivity index (χ1) is 8.49. The van der Waals surface area contributed by atoms with Crippen LogP contribution in [-0.4, -0.2) is 25.2 Å². The van der Waals surface area contributed by atoms with Crippen molar-refractivity contribution in [1.82, 2.24) is 0 Å². The monoisotopic (exact) mass is 316 g/mol. The van der Waals surface area contributed by atoms with Crippen molar-refractivity contribution in [2.75, 3.05) is 18.5 Å². The maximum atomic E-state index is 13.4. The Balaban J connectivity index is 2.14. The summed E-state index contributed by atoms with van der Waals surface area (Å²) in [5.41, 5.74) is 7.00. The first kappa shape index (κ1) is 13.5. The number of aryl methyl sites for hydroxylation is 1. The number of amides is 1. The van der Waals surface area contributed by atoms with Crippen molar-refractivity contribution in [1.29, 1.82) is 0 Å². The van der Waals surface area contributed by atoms with Gasteiger partial charge in [0.15, 0.2) is 0 Å². The predicted molar refractivity (Wildman–Crippen MR) is 69.8 cm³/mol. The number of anilines is 1. The number of nitrogens with one attached hydrogen (secondary N) is 1. The van der Waals surface area contributed by atoms with Crippen molar-refractivity contribution in [2.45, 2.75) is 13.0 Å². The predicted octanol–water partition coefficient (Wildman–Crippen LogP) is 1.81. The Morgan fingerprint density at radius 2 is 2.28 bits per heavy atom. The first-order valence-corrected chi connectivity index (χ1v) is 6.38. The second kappa shape index (κ2) is 5.34. The van der Waals surface area contributed by atoms with Crippen molar-refractivity contribution < 1.29 is 13.9 Å². The van der Waals surface area contributed by atoms with Crippen LogP contribution in [0.25, 0.3) is 0 Å². The van der Waals surface area contributed by atoms with Crippen LogP contribution in [-0.2, 0) is 9.53 Å². The van der Waals surface area contributed by atoms with Crippen LogP contribution in [0, 0.1) is 18.7 Å². The Bertz CT molecular complexity index is 481. The molecule has 1 heterocycles. The molecule has 1 aliphatic rings. The molecule has 0 aromatic heterocycles. The summed E-state index contributed by atoms with van der Waals surface area (Å²) < 4.78 is 18.9. The van der Waals surface area contributed by atoms with E-state index in [9.17, 15) is 9.18 Å². The average Bonchev–Trinajstić information content (AvgIpc) is 2.72. The fourth-order valence-corrected chi connectivity index (χ4v) is 2.31. The van der Waals surface area contributed by atoms with Crippen molar-refractivity contribution in [3.8, 4) is 0 Å². The quantitative estimate of drug-likeness (QED) is 0.874. The lowest BCUT2D eigenvalue weighted by Gasteiger charge is -2.15. The number of carbonyl (C=O) groups is 1. The molecule has 1 aromatic carbocycles. The maximum absolute atomic E-state index is 13.4. The van der Waals surface area contributed by atoms with E-state index in [2.05, 4.69) is 21.2 Å². The molecule has 0 bridgehead atoms. The molecular formula is C12H14BrFN2O2. The van der Waals surface area contributed by atoms with Crippen LogP contribution in [0.15, 0.2) is 16.6 Å². The van der Waals surface area contributed by atoms with Crippen molar-refractivity contribution in [2.24, 2.45) is 11.7 Å². The maximum Gasteiger partial charge on any atom is 0.231 e. The minimum Gasteiger partial charge on any atom is -0.379 e. The molecule has 2 unspecified atom stereocenters. The lowest BCUT2D eigenvalue weighted by molar-refractivity contribution is -0.120. The lowest BCUT2D eigenvalue weighted by atomic mass is 10.0. The van der Waals surface area contributed by atoms with Gasteiger partial charge >= 0.3 is 0 Å². The highest BCUT2D eigenvalue weighted by atomic mass is 79.9. The summed E-state index contributed by atoms with van der Waals surface area (Å²) in [6, 6.07) is 2.61. The summed E-state index contributed by atoms with van der Waals surface area (Å²) in [5, 5.41) is 2.69. The highest BCUT2D eigenvalue weighted by molar-refractivity contribution is 9.10. The van der Waals surface area contributed by atoms with Crippen molar-refractivity contribution in [3.63, 3.8) is 0 Å². The van der Waals surface area contributed by atoms with E-state index in [1.807, 2.05) is 0 Å². The topological polar surface area (TPSA) is 64.3 Å². The van der Waals surface area contributed by atoms with E-state index in [4.69, 9.17) is 10.5 Å². The van der Waals surface area contributed by atoms with Crippen LogP contribution in [0.4, 0.5) is 10.1 Å². The van der Waals surface area contributed by atoms with Gasteiger partial charge in [0.05, 0.1) is 23.6 Å². The van der Waals surface area contributed by atoms with Crippen molar-refractivity contribution in [3.05, 3.63) is 28.0 Å². The van der Waals surface area contributed by atoms with E-state index in [1.165, 1.54) is 6.07 Å². The number of ether oxygens (including phenoxy) is 1. The molecule has 3 N–H and O–H groups in total. The van der Waals surface area contributed by atoms with Gasteiger partial charge in [0.1, 0.15) is 5.82 Å². The van der Waals surface area contributed by atoms with Gasteiger partial charge in [0.25, 0.3) is 0 Å². The Morgan fingerprint density at radius 1 is 1.56 bits per heavy atom. The number of halogens is 2. The summed E-state index contributed by atoms with van der Waals surface area (Å²) in [6.45, 7) is 2.49. The zero-order chi connectivity index (χ0) is 13.3. The van der Waals surface area contributed by atoms with Crippen LogP contribution >= 0.6 is 15.9 Å². The number of nitrogens with two attached hydrogens (primary N) is 1. The summed E-state index contributed by atoms with van der Waals surface area (Å²) in [5.74, 6) is -1.02. The molecule has 2 atom stereocenters. The van der Waals surface area contributed by atoms with Crippen LogP contribution in [0.5, 0.6) is 0 Å². The molecule has 0 aliphatic carbocycles. The molecule has 18 heavy (non-hydrogen) atoms. The van der Waals surface area contributed by atoms with Crippen LogP contribution in [0.2, 0.25) is 0 Å². The molecule has 4 nitrogen and oxygen atoms in total. The second-order valence-electron chi connectivity index (χ2n) is 4.38. The summed E-state index contributed by atoms with van der Waals surface area (Å²) in [7, 11) is 0. The zero-order valence-electron chi connectivity index (χ0n) is 9.87. The van der Waals surface area contributed by atoms with E-state index < -0.39 is 5.82 Å².